The molecule has 0 saturated carbocycles. The molecular formula is C8H4F6O. The van der Waals surface area contributed by atoms with Crippen LogP contribution in [0.5, 0.6) is 5.75 Å². The third-order valence-electron chi connectivity index (χ3n) is 0.921. The van der Waals surface area contributed by atoms with Crippen molar-refractivity contribution in [2.75, 3.05) is 0 Å². The van der Waals surface area contributed by atoms with Crippen LogP contribution in [0.15, 0.2) is 24.3 Å². The molecule has 0 spiro atoms. The molecule has 7 heteroatoms. The van der Waals surface area contributed by atoms with E-state index in [1.165, 1.54) is 24.3 Å². The van der Waals surface area contributed by atoms with E-state index in [0.717, 1.165) is 0 Å². The van der Waals surface area contributed by atoms with Crippen LogP contribution in [0.25, 0.3) is 0 Å². The second-order valence-electron chi connectivity index (χ2n) is 2.00. The van der Waals surface area contributed by atoms with Gasteiger partial charge in [-0.1, -0.05) is 12.1 Å². The average Bonchev–Trinajstić information content (AvgIpc) is 2.01. The maximum absolute atomic E-state index is 11.5. The average molecular weight is 230 g/mol. The Hall–Kier alpha value is -1.40. The van der Waals surface area contributed by atoms with Gasteiger partial charge >= 0.3 is 13.0 Å². The van der Waals surface area contributed by atoms with Crippen LogP contribution >= 0.6 is 0 Å². The van der Waals surface area contributed by atoms with E-state index in [1.54, 1.807) is 0 Å². The Morgan fingerprint density at radius 2 is 1.47 bits per heavy atom. The molecule has 1 aromatic carbocycles. The summed E-state index contributed by atoms with van der Waals surface area (Å²) in [6.07, 6.45) is -4.61. The van der Waals surface area contributed by atoms with Gasteiger partial charge in [0.2, 0.25) is 0 Å². The maximum atomic E-state index is 11.5. The molecular weight excluding hydrogens is 226 g/mol. The smallest absolute Gasteiger partial charge is 0.406 e. The monoisotopic (exact) mass is 230 g/mol. The molecule has 0 aliphatic rings. The highest BCUT2D eigenvalue weighted by Crippen LogP contribution is 2.21. The van der Waals surface area contributed by atoms with Gasteiger partial charge in [0.15, 0.2) is 0 Å². The summed E-state index contributed by atoms with van der Waals surface area (Å²) < 4.78 is 66.9. The first kappa shape index (κ1) is 13.6. The zero-order chi connectivity index (χ0) is 11.9. The highest BCUT2D eigenvalue weighted by Gasteiger charge is 2.30. The van der Waals surface area contributed by atoms with Gasteiger partial charge in [-0.05, 0) is 18.2 Å². The van der Waals surface area contributed by atoms with Crippen LogP contribution in [-0.2, 0) is 0 Å². The lowest BCUT2D eigenvalue weighted by atomic mass is 10.3. The minimum atomic E-state index is -4.61. The van der Waals surface area contributed by atoms with Crippen molar-refractivity contribution in [1.82, 2.24) is 0 Å². The molecule has 0 aliphatic carbocycles. The Morgan fingerprint density at radius 1 is 1.07 bits per heavy atom. The molecule has 1 nitrogen and oxygen atoms in total. The predicted molar refractivity (Wildman–Crippen MR) is 38.5 cm³/mol. The normalized spacial score (nSPS) is 10.6. The van der Waals surface area contributed by atoms with Gasteiger partial charge in [0.05, 0.1) is 0 Å². The van der Waals surface area contributed by atoms with E-state index in [4.69, 9.17) is 0 Å². The number of rotatable bonds is 1. The molecule has 0 unspecified atom stereocenters. The molecule has 0 heterocycles. The largest absolute Gasteiger partial charge is 0.573 e. The van der Waals surface area contributed by atoms with Crippen LogP contribution in [0.1, 0.15) is 0 Å². The van der Waals surface area contributed by atoms with Gasteiger partial charge in [-0.2, -0.15) is 13.2 Å². The van der Waals surface area contributed by atoms with Gasteiger partial charge in [-0.15, -0.1) is 13.2 Å². The summed E-state index contributed by atoms with van der Waals surface area (Å²) in [6, 6.07) is 7.64. The van der Waals surface area contributed by atoms with E-state index in [-0.39, 0.29) is 5.75 Å². The maximum Gasteiger partial charge on any atom is 0.573 e. The summed E-state index contributed by atoms with van der Waals surface area (Å²) in [5, 5.41) is 0. The molecule has 84 valence electrons. The molecule has 0 aliphatic heterocycles. The highest BCUT2D eigenvalue weighted by molar-refractivity contribution is 5.20. The molecule has 0 bridgehead atoms. The van der Waals surface area contributed by atoms with Crippen molar-refractivity contribution in [1.29, 1.82) is 0 Å². The zero-order valence-electron chi connectivity index (χ0n) is 6.99. The second-order valence-corrected chi connectivity index (χ2v) is 2.00. The lowest BCUT2D eigenvalue weighted by molar-refractivity contribution is -0.274. The SMILES string of the molecule is FC(F)(F)Oc1cc[c]cc1.F[C](F)F. The molecule has 0 amide bonds. The number of hydrogen-bond acceptors (Lipinski definition) is 1. The van der Waals surface area contributed by atoms with E-state index in [2.05, 4.69) is 10.8 Å². The summed E-state index contributed by atoms with van der Waals surface area (Å²) in [5.74, 6) is -0.226. The Kier molecular flexibility index (Phi) is 5.58. The van der Waals surface area contributed by atoms with E-state index in [9.17, 15) is 26.3 Å². The Labute approximate surface area is 81.3 Å². The minimum Gasteiger partial charge on any atom is -0.406 e. The molecule has 15 heavy (non-hydrogen) atoms. The number of hydrogen-bond donors (Lipinski definition) is 0. The molecule has 0 saturated heterocycles. The first-order valence-corrected chi connectivity index (χ1v) is 3.36. The third kappa shape index (κ3) is 10.5. The number of halogens is 6. The quantitative estimate of drug-likeness (QED) is 0.668. The number of ether oxygens (including phenoxy) is 1. The fourth-order valence-corrected chi connectivity index (χ4v) is 0.573. The Morgan fingerprint density at radius 3 is 1.80 bits per heavy atom. The highest BCUT2D eigenvalue weighted by atomic mass is 19.4. The standard InChI is InChI=1S/C7H4F3O.CF3/c8-7(9,10)11-6-4-2-1-3-5-6;2-1(3)4/h2-5H;. The van der Waals surface area contributed by atoms with Gasteiger partial charge in [-0.25, -0.2) is 0 Å². The van der Waals surface area contributed by atoms with Crippen molar-refractivity contribution >= 4 is 0 Å². The van der Waals surface area contributed by atoms with Crippen molar-refractivity contribution in [2.24, 2.45) is 0 Å². The predicted octanol–water partition coefficient (Wildman–Crippen LogP) is 3.73. The number of alkyl halides is 3. The second kappa shape index (κ2) is 6.15. The van der Waals surface area contributed by atoms with Crippen LogP contribution in [0.3, 0.4) is 0 Å². The lowest BCUT2D eigenvalue weighted by Crippen LogP contribution is -2.16. The van der Waals surface area contributed by atoms with Gasteiger partial charge in [-0.3, -0.25) is 0 Å². The lowest BCUT2D eigenvalue weighted by Gasteiger charge is -2.07. The van der Waals surface area contributed by atoms with E-state index >= 15 is 0 Å². The first-order valence-electron chi connectivity index (χ1n) is 3.36. The van der Waals surface area contributed by atoms with Crippen molar-refractivity contribution in [3.63, 3.8) is 0 Å². The van der Waals surface area contributed by atoms with Crippen LogP contribution in [0.2, 0.25) is 0 Å². The van der Waals surface area contributed by atoms with Gasteiger partial charge in [0.25, 0.3) is 0 Å². The summed E-state index contributed by atoms with van der Waals surface area (Å²) >= 11 is 0. The molecule has 1 aromatic rings. The fraction of sp³-hybridized carbons (Fsp3) is 0.125. The van der Waals surface area contributed by atoms with Crippen LogP contribution < -0.4 is 4.74 Å². The van der Waals surface area contributed by atoms with E-state index in [0.29, 0.717) is 0 Å². The third-order valence-corrected chi connectivity index (χ3v) is 0.921. The fourth-order valence-electron chi connectivity index (χ4n) is 0.573. The van der Waals surface area contributed by atoms with E-state index in [1.807, 2.05) is 0 Å². The van der Waals surface area contributed by atoms with Crippen molar-refractivity contribution in [2.45, 2.75) is 6.36 Å². The van der Waals surface area contributed by atoms with Crippen LogP contribution in [0, 0.1) is 12.7 Å². The van der Waals surface area contributed by atoms with Gasteiger partial charge < -0.3 is 4.74 Å². The summed E-state index contributed by atoms with van der Waals surface area (Å²) in [7, 11) is 0. The Balaban J connectivity index is 0.000000423. The topological polar surface area (TPSA) is 9.23 Å². The van der Waals surface area contributed by atoms with Crippen LogP contribution in [-0.4, -0.2) is 6.36 Å². The molecule has 0 fully saturated rings. The molecule has 2 radical (unpaired) electrons. The zero-order valence-corrected chi connectivity index (χ0v) is 6.99. The summed E-state index contributed by atoms with van der Waals surface area (Å²) in [5.41, 5.74) is 0. The molecule has 0 atom stereocenters. The van der Waals surface area contributed by atoms with E-state index < -0.39 is 13.0 Å². The number of benzene rings is 1. The van der Waals surface area contributed by atoms with Crippen molar-refractivity contribution in [3.8, 4) is 5.75 Å². The minimum absolute atomic E-state index is 0.226. The molecule has 1 rings (SSSR count). The van der Waals surface area contributed by atoms with Crippen molar-refractivity contribution in [3.05, 3.63) is 37.0 Å². The molecule has 0 N–H and O–H groups in total. The van der Waals surface area contributed by atoms with Gasteiger partial charge in [0, 0.05) is 0 Å². The van der Waals surface area contributed by atoms with Gasteiger partial charge in [0.1, 0.15) is 5.75 Å². The Bertz CT molecular complexity index is 255. The summed E-state index contributed by atoms with van der Waals surface area (Å²) in [4.78, 5) is 0. The summed E-state index contributed by atoms with van der Waals surface area (Å²) in [6.45, 7) is -3.08. The molecule has 0 aromatic heterocycles. The van der Waals surface area contributed by atoms with Crippen LogP contribution in [0.4, 0.5) is 26.3 Å². The van der Waals surface area contributed by atoms with Crippen molar-refractivity contribution < 1.29 is 31.1 Å². The first-order chi connectivity index (χ1) is 6.81.